The molecule has 1 heterocycles. The van der Waals surface area contributed by atoms with Gasteiger partial charge >= 0.3 is 0 Å². The van der Waals surface area contributed by atoms with Crippen LogP contribution in [-0.2, 0) is 9.59 Å². The fraction of sp³-hybridized carbons (Fsp3) is 0.238. The summed E-state index contributed by atoms with van der Waals surface area (Å²) in [6.07, 6.45) is 1.04. The van der Waals surface area contributed by atoms with Gasteiger partial charge in [-0.25, -0.2) is 5.10 Å². The predicted molar refractivity (Wildman–Crippen MR) is 113 cm³/mol. The maximum Gasteiger partial charge on any atom is 0.272 e. The Morgan fingerprint density at radius 2 is 1.55 bits per heavy atom. The molecule has 0 spiro atoms. The van der Waals surface area contributed by atoms with Crippen LogP contribution in [0.3, 0.4) is 0 Å². The van der Waals surface area contributed by atoms with Gasteiger partial charge in [0.2, 0.25) is 11.8 Å². The summed E-state index contributed by atoms with van der Waals surface area (Å²) >= 11 is 0. The van der Waals surface area contributed by atoms with Crippen molar-refractivity contribution in [3.05, 3.63) is 65.0 Å². The zero-order chi connectivity index (χ0) is 20.5. The topological polar surface area (TPSA) is 116 Å². The smallest absolute Gasteiger partial charge is 0.272 e. The summed E-state index contributed by atoms with van der Waals surface area (Å²) in [6, 6.07) is 16.4. The van der Waals surface area contributed by atoms with Crippen LogP contribution in [0.15, 0.2) is 59.4 Å². The van der Waals surface area contributed by atoms with Gasteiger partial charge in [0.15, 0.2) is 5.82 Å². The summed E-state index contributed by atoms with van der Waals surface area (Å²) in [4.78, 5) is 35.5. The molecular formula is C21H23N5O3. The van der Waals surface area contributed by atoms with Crippen LogP contribution in [0.4, 0.5) is 11.5 Å². The molecule has 3 rings (SSSR count). The minimum absolute atomic E-state index is 0.110. The second-order valence-corrected chi connectivity index (χ2v) is 6.49. The standard InChI is InChI=1S/C21H23N5O3/c27-18(11-6-12-19(28)24-15-7-2-1-3-8-15)22-13-14-23-20-16-9-4-5-10-17(16)21(29)26-25-20/h1-5,7-10H,6,11-14H2,(H,22,27)(H,23,25)(H,24,28)(H,26,29). The molecule has 0 bridgehead atoms. The lowest BCUT2D eigenvalue weighted by Gasteiger charge is -2.09. The van der Waals surface area contributed by atoms with Gasteiger partial charge in [0.25, 0.3) is 5.56 Å². The highest BCUT2D eigenvalue weighted by molar-refractivity contribution is 5.91. The number of benzene rings is 2. The van der Waals surface area contributed by atoms with Gasteiger partial charge in [-0.15, -0.1) is 0 Å². The summed E-state index contributed by atoms with van der Waals surface area (Å²) < 4.78 is 0. The van der Waals surface area contributed by atoms with Crippen LogP contribution in [0.1, 0.15) is 19.3 Å². The van der Waals surface area contributed by atoms with E-state index in [-0.39, 0.29) is 30.2 Å². The summed E-state index contributed by atoms with van der Waals surface area (Å²) in [5, 5.41) is 16.5. The molecule has 0 saturated heterocycles. The van der Waals surface area contributed by atoms with E-state index in [1.54, 1.807) is 12.1 Å². The highest BCUT2D eigenvalue weighted by atomic mass is 16.2. The number of H-pyrrole nitrogens is 1. The lowest BCUT2D eigenvalue weighted by molar-refractivity contribution is -0.121. The molecule has 0 radical (unpaired) electrons. The maximum absolute atomic E-state index is 11.9. The second-order valence-electron chi connectivity index (χ2n) is 6.49. The van der Waals surface area contributed by atoms with Gasteiger partial charge in [-0.1, -0.05) is 36.4 Å². The molecule has 0 unspecified atom stereocenters. The molecule has 29 heavy (non-hydrogen) atoms. The van der Waals surface area contributed by atoms with E-state index in [1.165, 1.54) is 0 Å². The van der Waals surface area contributed by atoms with Crippen molar-refractivity contribution in [1.29, 1.82) is 0 Å². The van der Waals surface area contributed by atoms with Crippen molar-refractivity contribution in [2.45, 2.75) is 19.3 Å². The molecule has 8 nitrogen and oxygen atoms in total. The lowest BCUT2D eigenvalue weighted by Crippen LogP contribution is -2.29. The van der Waals surface area contributed by atoms with E-state index >= 15 is 0 Å². The normalized spacial score (nSPS) is 10.5. The summed E-state index contributed by atoms with van der Waals surface area (Å²) in [5.74, 6) is 0.340. The van der Waals surface area contributed by atoms with Crippen molar-refractivity contribution in [3.63, 3.8) is 0 Å². The zero-order valence-electron chi connectivity index (χ0n) is 15.9. The van der Waals surface area contributed by atoms with Crippen molar-refractivity contribution in [2.75, 3.05) is 23.7 Å². The van der Waals surface area contributed by atoms with Crippen molar-refractivity contribution < 1.29 is 9.59 Å². The van der Waals surface area contributed by atoms with E-state index in [0.29, 0.717) is 30.7 Å². The predicted octanol–water partition coefficient (Wildman–Crippen LogP) is 2.26. The minimum Gasteiger partial charge on any atom is -0.366 e. The second kappa shape index (κ2) is 10.0. The van der Waals surface area contributed by atoms with Gasteiger partial charge in [-0.2, -0.15) is 5.10 Å². The number of amides is 2. The van der Waals surface area contributed by atoms with Crippen molar-refractivity contribution in [1.82, 2.24) is 15.5 Å². The number of anilines is 2. The molecule has 0 aliphatic heterocycles. The maximum atomic E-state index is 11.9. The Labute approximate surface area is 167 Å². The Morgan fingerprint density at radius 1 is 0.862 bits per heavy atom. The molecule has 150 valence electrons. The summed E-state index contributed by atoms with van der Waals surface area (Å²) in [6.45, 7) is 0.869. The van der Waals surface area contributed by atoms with Gasteiger partial charge in [-0.05, 0) is 24.6 Å². The summed E-state index contributed by atoms with van der Waals surface area (Å²) in [5.41, 5.74) is 0.507. The number of rotatable bonds is 9. The number of carbonyl (C=O) groups excluding carboxylic acids is 2. The number of aromatic amines is 1. The average Bonchev–Trinajstić information content (AvgIpc) is 2.73. The van der Waals surface area contributed by atoms with E-state index in [2.05, 4.69) is 26.1 Å². The fourth-order valence-electron chi connectivity index (χ4n) is 2.88. The van der Waals surface area contributed by atoms with Crippen LogP contribution in [-0.4, -0.2) is 35.1 Å². The van der Waals surface area contributed by atoms with E-state index < -0.39 is 0 Å². The quantitative estimate of drug-likeness (QED) is 0.416. The molecule has 1 aromatic heterocycles. The third-order valence-corrected chi connectivity index (χ3v) is 4.30. The first-order valence-electron chi connectivity index (χ1n) is 9.46. The lowest BCUT2D eigenvalue weighted by atomic mass is 10.2. The average molecular weight is 393 g/mol. The molecular weight excluding hydrogens is 370 g/mol. The molecule has 2 aromatic carbocycles. The highest BCUT2D eigenvalue weighted by Crippen LogP contribution is 2.16. The highest BCUT2D eigenvalue weighted by Gasteiger charge is 2.07. The fourth-order valence-corrected chi connectivity index (χ4v) is 2.88. The van der Waals surface area contributed by atoms with Crippen LogP contribution in [0.5, 0.6) is 0 Å². The van der Waals surface area contributed by atoms with E-state index in [4.69, 9.17) is 0 Å². The van der Waals surface area contributed by atoms with E-state index in [9.17, 15) is 14.4 Å². The first kappa shape index (κ1) is 20.1. The SMILES string of the molecule is O=C(CCCC(=O)Nc1ccccc1)NCCNc1n[nH]c(=O)c2ccccc12. The van der Waals surface area contributed by atoms with Crippen LogP contribution in [0.2, 0.25) is 0 Å². The number of para-hydroxylation sites is 1. The van der Waals surface area contributed by atoms with Crippen LogP contribution in [0, 0.1) is 0 Å². The number of carbonyl (C=O) groups is 2. The Bertz CT molecular complexity index is 1030. The largest absolute Gasteiger partial charge is 0.366 e. The van der Waals surface area contributed by atoms with Crippen LogP contribution >= 0.6 is 0 Å². The van der Waals surface area contributed by atoms with Gasteiger partial charge in [0.05, 0.1) is 5.39 Å². The molecule has 8 heteroatoms. The first-order chi connectivity index (χ1) is 14.1. The third kappa shape index (κ3) is 5.90. The van der Waals surface area contributed by atoms with Gasteiger partial charge in [-0.3, -0.25) is 14.4 Å². The first-order valence-corrected chi connectivity index (χ1v) is 9.46. The van der Waals surface area contributed by atoms with Crippen molar-refractivity contribution >= 4 is 34.1 Å². The number of nitrogens with zero attached hydrogens (tertiary/aromatic N) is 1. The van der Waals surface area contributed by atoms with Gasteiger partial charge < -0.3 is 16.0 Å². The molecule has 0 saturated carbocycles. The Morgan fingerprint density at radius 3 is 2.34 bits per heavy atom. The Kier molecular flexibility index (Phi) is 6.94. The van der Waals surface area contributed by atoms with E-state index in [1.807, 2.05) is 42.5 Å². The monoisotopic (exact) mass is 393 g/mol. The number of aromatic nitrogens is 2. The summed E-state index contributed by atoms with van der Waals surface area (Å²) in [7, 11) is 0. The molecule has 0 aliphatic rings. The zero-order valence-corrected chi connectivity index (χ0v) is 15.9. The number of hydrogen-bond acceptors (Lipinski definition) is 5. The third-order valence-electron chi connectivity index (χ3n) is 4.30. The molecule has 2 amide bonds. The van der Waals surface area contributed by atoms with Gasteiger partial charge in [0.1, 0.15) is 0 Å². The number of hydrogen-bond donors (Lipinski definition) is 4. The van der Waals surface area contributed by atoms with Gasteiger partial charge in [0, 0.05) is 37.0 Å². The Balaban J connectivity index is 1.35. The minimum atomic E-state index is -0.240. The van der Waals surface area contributed by atoms with Crippen LogP contribution in [0.25, 0.3) is 10.8 Å². The van der Waals surface area contributed by atoms with Crippen molar-refractivity contribution in [3.8, 4) is 0 Å². The van der Waals surface area contributed by atoms with Crippen molar-refractivity contribution in [2.24, 2.45) is 0 Å². The number of fused-ring (bicyclic) bond motifs is 1. The molecule has 0 fully saturated rings. The van der Waals surface area contributed by atoms with Crippen LogP contribution < -0.4 is 21.5 Å². The Hall–Kier alpha value is -3.68. The van der Waals surface area contributed by atoms with E-state index in [0.717, 1.165) is 11.1 Å². The molecule has 3 aromatic rings. The number of nitrogens with one attached hydrogen (secondary N) is 4. The molecule has 0 aliphatic carbocycles. The molecule has 4 N–H and O–H groups in total. The molecule has 0 atom stereocenters.